The van der Waals surface area contributed by atoms with Gasteiger partial charge < -0.3 is 15.7 Å². The molecule has 0 bridgehead atoms. The molecule has 0 fully saturated rings. The average molecular weight is 274 g/mol. The first kappa shape index (κ1) is 14.2. The molecule has 0 saturated carbocycles. The minimum absolute atomic E-state index is 0.0534. The minimum Gasteiger partial charge on any atom is -0.396 e. The van der Waals surface area contributed by atoms with Crippen LogP contribution in [0.25, 0.3) is 10.8 Å². The standard InChI is InChI=1S/C14H18N4O2/c1-9(2)17-14-12-6-13(16-8-20)15-7-10(12)5-11(18-14)3-4-19/h5-9,19H,3-4H2,1-2H3,(H,17,18)(H,15,16,20). The first-order valence-electron chi connectivity index (χ1n) is 6.51. The van der Waals surface area contributed by atoms with Gasteiger partial charge in [-0.15, -0.1) is 0 Å². The van der Waals surface area contributed by atoms with Crippen molar-refractivity contribution in [1.82, 2.24) is 9.97 Å². The summed E-state index contributed by atoms with van der Waals surface area (Å²) in [5.41, 5.74) is 0.807. The van der Waals surface area contributed by atoms with E-state index in [0.717, 1.165) is 22.3 Å². The Hall–Kier alpha value is -2.21. The highest BCUT2D eigenvalue weighted by molar-refractivity contribution is 5.94. The largest absolute Gasteiger partial charge is 0.396 e. The van der Waals surface area contributed by atoms with Gasteiger partial charge in [-0.25, -0.2) is 9.97 Å². The number of nitrogens with one attached hydrogen (secondary N) is 2. The summed E-state index contributed by atoms with van der Waals surface area (Å²) < 4.78 is 0. The van der Waals surface area contributed by atoms with E-state index in [2.05, 4.69) is 20.6 Å². The SMILES string of the molecule is CC(C)Nc1nc(CCO)cc2cnc(NC=O)cc12. The molecule has 106 valence electrons. The molecule has 2 heterocycles. The van der Waals surface area contributed by atoms with E-state index < -0.39 is 0 Å². The molecule has 0 atom stereocenters. The predicted octanol–water partition coefficient (Wildman–Crippen LogP) is 1.55. The second-order valence-electron chi connectivity index (χ2n) is 4.79. The van der Waals surface area contributed by atoms with Gasteiger partial charge in [0.25, 0.3) is 0 Å². The first-order valence-corrected chi connectivity index (χ1v) is 6.51. The lowest BCUT2D eigenvalue weighted by Crippen LogP contribution is -2.12. The summed E-state index contributed by atoms with van der Waals surface area (Å²) in [5.74, 6) is 1.22. The van der Waals surface area contributed by atoms with Crippen LogP contribution in [0.5, 0.6) is 0 Å². The van der Waals surface area contributed by atoms with E-state index in [-0.39, 0.29) is 12.6 Å². The number of hydrogen-bond donors (Lipinski definition) is 3. The Morgan fingerprint density at radius 2 is 2.20 bits per heavy atom. The highest BCUT2D eigenvalue weighted by Gasteiger charge is 2.09. The van der Waals surface area contributed by atoms with Crippen molar-refractivity contribution < 1.29 is 9.90 Å². The number of aliphatic hydroxyl groups excluding tert-OH is 1. The van der Waals surface area contributed by atoms with Crippen LogP contribution in [0.2, 0.25) is 0 Å². The van der Waals surface area contributed by atoms with Gasteiger partial charge in [-0.1, -0.05) is 0 Å². The molecule has 1 amide bonds. The van der Waals surface area contributed by atoms with Crippen molar-refractivity contribution in [3.8, 4) is 0 Å². The molecule has 6 nitrogen and oxygen atoms in total. The molecule has 0 saturated heterocycles. The Bertz CT molecular complexity index is 613. The van der Waals surface area contributed by atoms with E-state index in [1.807, 2.05) is 19.9 Å². The number of fused-ring (bicyclic) bond motifs is 1. The maximum Gasteiger partial charge on any atom is 0.212 e. The van der Waals surface area contributed by atoms with E-state index in [0.29, 0.717) is 18.6 Å². The Morgan fingerprint density at radius 1 is 1.40 bits per heavy atom. The third-order valence-corrected chi connectivity index (χ3v) is 2.77. The molecule has 20 heavy (non-hydrogen) atoms. The molecule has 0 radical (unpaired) electrons. The molecule has 0 spiro atoms. The molecule has 0 unspecified atom stereocenters. The average Bonchev–Trinajstić information content (AvgIpc) is 2.39. The number of hydrogen-bond acceptors (Lipinski definition) is 5. The molecular formula is C14H18N4O2. The monoisotopic (exact) mass is 274 g/mol. The smallest absolute Gasteiger partial charge is 0.212 e. The van der Waals surface area contributed by atoms with Crippen molar-refractivity contribution >= 4 is 28.8 Å². The van der Waals surface area contributed by atoms with Gasteiger partial charge in [0, 0.05) is 41.7 Å². The molecule has 3 N–H and O–H groups in total. The molecule has 0 aliphatic rings. The number of rotatable bonds is 6. The van der Waals surface area contributed by atoms with Gasteiger partial charge in [0.15, 0.2) is 0 Å². The van der Waals surface area contributed by atoms with E-state index in [4.69, 9.17) is 5.11 Å². The fourth-order valence-corrected chi connectivity index (χ4v) is 1.97. The third kappa shape index (κ3) is 3.21. The fraction of sp³-hybridized carbons (Fsp3) is 0.357. The number of carbonyl (C=O) groups excluding carboxylic acids is 1. The summed E-state index contributed by atoms with van der Waals surface area (Å²) in [6, 6.07) is 3.91. The first-order chi connectivity index (χ1) is 9.63. The van der Waals surface area contributed by atoms with Crippen LogP contribution >= 0.6 is 0 Å². The van der Waals surface area contributed by atoms with Crippen molar-refractivity contribution in [2.24, 2.45) is 0 Å². The highest BCUT2D eigenvalue weighted by Crippen LogP contribution is 2.25. The molecule has 2 aromatic rings. The maximum atomic E-state index is 10.5. The Labute approximate surface area is 117 Å². The number of anilines is 2. The molecule has 6 heteroatoms. The number of nitrogens with zero attached hydrogens (tertiary/aromatic N) is 2. The van der Waals surface area contributed by atoms with Crippen molar-refractivity contribution in [2.75, 3.05) is 17.2 Å². The zero-order valence-corrected chi connectivity index (χ0v) is 11.6. The van der Waals surface area contributed by atoms with E-state index in [1.165, 1.54) is 0 Å². The van der Waals surface area contributed by atoms with E-state index >= 15 is 0 Å². The van der Waals surface area contributed by atoms with Gasteiger partial charge in [0.05, 0.1) is 0 Å². The molecule has 0 aromatic carbocycles. The van der Waals surface area contributed by atoms with Gasteiger partial charge in [-0.2, -0.15) is 0 Å². The van der Waals surface area contributed by atoms with Gasteiger partial charge in [-0.05, 0) is 26.0 Å². The fourth-order valence-electron chi connectivity index (χ4n) is 1.97. The summed E-state index contributed by atoms with van der Waals surface area (Å²) in [7, 11) is 0. The normalized spacial score (nSPS) is 10.8. The summed E-state index contributed by atoms with van der Waals surface area (Å²) in [5, 5.41) is 16.7. The Kier molecular flexibility index (Phi) is 4.47. The second-order valence-corrected chi connectivity index (χ2v) is 4.79. The van der Waals surface area contributed by atoms with Crippen molar-refractivity contribution in [3.63, 3.8) is 0 Å². The van der Waals surface area contributed by atoms with Crippen LogP contribution in [-0.2, 0) is 11.2 Å². The highest BCUT2D eigenvalue weighted by atomic mass is 16.3. The van der Waals surface area contributed by atoms with Gasteiger partial charge in [-0.3, -0.25) is 4.79 Å². The summed E-state index contributed by atoms with van der Waals surface area (Å²) in [6.45, 7) is 4.10. The van der Waals surface area contributed by atoms with Crippen LogP contribution < -0.4 is 10.6 Å². The number of aliphatic hydroxyl groups is 1. The summed E-state index contributed by atoms with van der Waals surface area (Å²) in [4.78, 5) is 19.2. The quantitative estimate of drug-likeness (QED) is 0.696. The zero-order valence-electron chi connectivity index (χ0n) is 11.6. The van der Waals surface area contributed by atoms with E-state index in [9.17, 15) is 4.79 Å². The van der Waals surface area contributed by atoms with Crippen molar-refractivity contribution in [2.45, 2.75) is 26.3 Å². The molecule has 0 aliphatic heterocycles. The number of aromatic nitrogens is 2. The lowest BCUT2D eigenvalue weighted by atomic mass is 10.1. The number of amides is 1. The minimum atomic E-state index is 0.0534. The third-order valence-electron chi connectivity index (χ3n) is 2.77. The van der Waals surface area contributed by atoms with Crippen LogP contribution in [-0.4, -0.2) is 34.1 Å². The molecule has 2 rings (SSSR count). The van der Waals surface area contributed by atoms with E-state index in [1.54, 1.807) is 12.3 Å². The molecule has 2 aromatic heterocycles. The summed E-state index contributed by atoms with van der Waals surface area (Å²) in [6.07, 6.45) is 2.78. The van der Waals surface area contributed by atoms with Crippen molar-refractivity contribution in [3.05, 3.63) is 24.0 Å². The number of pyridine rings is 2. The van der Waals surface area contributed by atoms with Gasteiger partial charge in [0.1, 0.15) is 11.6 Å². The summed E-state index contributed by atoms with van der Waals surface area (Å²) >= 11 is 0. The molecular weight excluding hydrogens is 256 g/mol. The second kappa shape index (κ2) is 6.29. The van der Waals surface area contributed by atoms with Crippen LogP contribution in [0.15, 0.2) is 18.3 Å². The lowest BCUT2D eigenvalue weighted by molar-refractivity contribution is -0.105. The van der Waals surface area contributed by atoms with Gasteiger partial charge >= 0.3 is 0 Å². The molecule has 0 aliphatic carbocycles. The zero-order chi connectivity index (χ0) is 14.5. The Balaban J connectivity index is 2.54. The van der Waals surface area contributed by atoms with Crippen LogP contribution in [0, 0.1) is 0 Å². The van der Waals surface area contributed by atoms with Crippen LogP contribution in [0.1, 0.15) is 19.5 Å². The van der Waals surface area contributed by atoms with Crippen molar-refractivity contribution in [1.29, 1.82) is 0 Å². The van der Waals surface area contributed by atoms with Crippen LogP contribution in [0.3, 0.4) is 0 Å². The topological polar surface area (TPSA) is 87.1 Å². The van der Waals surface area contributed by atoms with Crippen LogP contribution in [0.4, 0.5) is 11.6 Å². The Morgan fingerprint density at radius 3 is 2.85 bits per heavy atom. The van der Waals surface area contributed by atoms with Gasteiger partial charge in [0.2, 0.25) is 6.41 Å². The number of carbonyl (C=O) groups is 1. The predicted molar refractivity (Wildman–Crippen MR) is 78.8 cm³/mol. The lowest BCUT2D eigenvalue weighted by Gasteiger charge is -2.14. The maximum absolute atomic E-state index is 10.5.